The van der Waals surface area contributed by atoms with Crippen LogP contribution in [0.15, 0.2) is 0 Å². The van der Waals surface area contributed by atoms with Crippen LogP contribution in [-0.2, 0) is 65.4 Å². The number of hydrogen-bond donors (Lipinski definition) is 3. The summed E-state index contributed by atoms with van der Waals surface area (Å²) in [7, 11) is -9.91. The number of rotatable bonds is 72. The Hall–Kier alpha value is -1.94. The second-order valence-corrected chi connectivity index (χ2v) is 31.4. The first-order chi connectivity index (χ1) is 45.2. The van der Waals surface area contributed by atoms with E-state index in [9.17, 15) is 43.2 Å². The lowest BCUT2D eigenvalue weighted by molar-refractivity contribution is -0.161. The standard InChI is InChI=1S/C75H146O17P2/c1-9-67(7)53-45-37-28-21-19-17-15-13-11-12-14-16-18-20-22-32-41-49-57-74(79)91-70(61-85-73(78)56-48-40-31-26-24-29-38-46-54-68(8)10-2)63-89-93(81,82)87-59-69(76)60-88-94(83,84)90-64-71(92-75(80)58-50-42-34-33-36-44-52-66(5)6)62-86-72(77)55-47-39-30-25-23-27-35-43-51-65(3)4/h65-71,76H,9-64H2,1-8H3,(H,81,82)(H,83,84)/t67?,68?,69?,70-,71-/m1/s1. The molecule has 0 amide bonds. The van der Waals surface area contributed by atoms with Gasteiger partial charge in [-0.25, -0.2) is 9.13 Å². The molecule has 0 aromatic heterocycles. The highest BCUT2D eigenvalue weighted by Gasteiger charge is 2.30. The van der Waals surface area contributed by atoms with E-state index in [2.05, 4.69) is 55.4 Å². The van der Waals surface area contributed by atoms with Gasteiger partial charge in [0.05, 0.1) is 26.4 Å². The molecule has 0 aliphatic heterocycles. The van der Waals surface area contributed by atoms with E-state index in [0.717, 1.165) is 108 Å². The molecule has 0 bridgehead atoms. The minimum Gasteiger partial charge on any atom is -0.462 e. The number of esters is 4. The van der Waals surface area contributed by atoms with E-state index >= 15 is 0 Å². The molecule has 0 aromatic rings. The van der Waals surface area contributed by atoms with Gasteiger partial charge in [0.1, 0.15) is 19.3 Å². The molecule has 19 heteroatoms. The topological polar surface area (TPSA) is 237 Å². The van der Waals surface area contributed by atoms with Gasteiger partial charge in [0, 0.05) is 25.7 Å². The van der Waals surface area contributed by atoms with E-state index < -0.39 is 97.5 Å². The summed E-state index contributed by atoms with van der Waals surface area (Å²) in [5, 5.41) is 10.6. The zero-order valence-corrected chi connectivity index (χ0v) is 63.4. The maximum atomic E-state index is 13.1. The number of aliphatic hydroxyl groups excluding tert-OH is 1. The zero-order chi connectivity index (χ0) is 69.6. The number of carbonyl (C=O) groups is 4. The summed E-state index contributed by atoms with van der Waals surface area (Å²) in [6.07, 6.45) is 48.9. The molecular weight excluding hydrogens is 1230 g/mol. The van der Waals surface area contributed by atoms with Crippen LogP contribution in [0.3, 0.4) is 0 Å². The van der Waals surface area contributed by atoms with Crippen molar-refractivity contribution in [1.82, 2.24) is 0 Å². The van der Waals surface area contributed by atoms with Gasteiger partial charge in [0.15, 0.2) is 12.2 Å². The summed E-state index contributed by atoms with van der Waals surface area (Å²) in [6, 6.07) is 0. The van der Waals surface area contributed by atoms with Gasteiger partial charge in [-0.1, -0.05) is 325 Å². The summed E-state index contributed by atoms with van der Waals surface area (Å²) in [5.41, 5.74) is 0. The lowest BCUT2D eigenvalue weighted by Crippen LogP contribution is -2.30. The Morgan fingerprint density at radius 2 is 0.511 bits per heavy atom. The molecule has 0 aliphatic rings. The van der Waals surface area contributed by atoms with E-state index in [1.807, 2.05) is 0 Å². The Labute approximate surface area is 575 Å². The molecular formula is C75H146O17P2. The third-order valence-corrected chi connectivity index (χ3v) is 19.9. The maximum absolute atomic E-state index is 13.1. The SMILES string of the molecule is CCC(C)CCCCCCCCCCCCCCCCCCCCC(=O)O[C@H](COC(=O)CCCCCCCCCCC(C)CC)COP(=O)(O)OCC(O)COP(=O)(O)OC[C@@H](COC(=O)CCCCCCCCCCC(C)C)OC(=O)CCCCCCCCC(C)C. The minimum atomic E-state index is -4.96. The molecule has 0 spiro atoms. The number of ether oxygens (including phenoxy) is 4. The summed E-state index contributed by atoms with van der Waals surface area (Å²) in [6.45, 7) is 14.1. The predicted octanol–water partition coefficient (Wildman–Crippen LogP) is 21.7. The second kappa shape index (κ2) is 64.4. The summed E-state index contributed by atoms with van der Waals surface area (Å²) < 4.78 is 68.4. The first-order valence-corrected chi connectivity index (χ1v) is 41.8. The van der Waals surface area contributed by atoms with Crippen LogP contribution < -0.4 is 0 Å². The molecule has 0 saturated carbocycles. The molecule has 0 radical (unpaired) electrons. The van der Waals surface area contributed by atoms with Crippen LogP contribution in [0.4, 0.5) is 0 Å². The van der Waals surface area contributed by atoms with Crippen molar-refractivity contribution in [2.45, 2.75) is 395 Å². The fraction of sp³-hybridized carbons (Fsp3) is 0.947. The van der Waals surface area contributed by atoms with Gasteiger partial charge in [-0.05, 0) is 49.4 Å². The number of aliphatic hydroxyl groups is 1. The summed E-state index contributed by atoms with van der Waals surface area (Å²) in [4.78, 5) is 72.6. The fourth-order valence-electron chi connectivity index (χ4n) is 11.3. The number of unbranched alkanes of at least 4 members (excludes halogenated alkanes) is 36. The van der Waals surface area contributed by atoms with Crippen LogP contribution in [0.1, 0.15) is 376 Å². The van der Waals surface area contributed by atoms with Crippen LogP contribution >= 0.6 is 15.6 Å². The van der Waals surface area contributed by atoms with E-state index in [1.54, 1.807) is 0 Å². The van der Waals surface area contributed by atoms with Gasteiger partial charge in [-0.3, -0.25) is 37.3 Å². The quantitative estimate of drug-likeness (QED) is 0.0222. The molecule has 0 saturated heterocycles. The first-order valence-electron chi connectivity index (χ1n) is 38.8. The average Bonchev–Trinajstić information content (AvgIpc) is 1.18. The van der Waals surface area contributed by atoms with Gasteiger partial charge < -0.3 is 33.8 Å². The Balaban J connectivity index is 5.17. The van der Waals surface area contributed by atoms with Gasteiger partial charge in [-0.15, -0.1) is 0 Å². The number of carbonyl (C=O) groups excluding carboxylic acids is 4. The highest BCUT2D eigenvalue weighted by molar-refractivity contribution is 7.47. The third kappa shape index (κ3) is 66.0. The van der Waals surface area contributed by atoms with Gasteiger partial charge in [-0.2, -0.15) is 0 Å². The van der Waals surface area contributed by atoms with Crippen LogP contribution in [0.2, 0.25) is 0 Å². The van der Waals surface area contributed by atoms with Crippen molar-refractivity contribution in [2.75, 3.05) is 39.6 Å². The van der Waals surface area contributed by atoms with Crippen molar-refractivity contribution in [3.05, 3.63) is 0 Å². The number of hydrogen-bond acceptors (Lipinski definition) is 15. The van der Waals surface area contributed by atoms with Gasteiger partial charge in [0.25, 0.3) is 0 Å². The van der Waals surface area contributed by atoms with Crippen molar-refractivity contribution in [3.63, 3.8) is 0 Å². The number of phosphoric acid groups is 2. The molecule has 0 aromatic carbocycles. The van der Waals surface area contributed by atoms with Crippen LogP contribution in [0.25, 0.3) is 0 Å². The lowest BCUT2D eigenvalue weighted by atomic mass is 9.99. The Bertz CT molecular complexity index is 1850. The van der Waals surface area contributed by atoms with Gasteiger partial charge >= 0.3 is 39.5 Å². The lowest BCUT2D eigenvalue weighted by Gasteiger charge is -2.21. The maximum Gasteiger partial charge on any atom is 0.472 e. The molecule has 558 valence electrons. The third-order valence-electron chi connectivity index (χ3n) is 18.0. The first kappa shape index (κ1) is 92.1. The molecule has 0 aliphatic carbocycles. The predicted molar refractivity (Wildman–Crippen MR) is 381 cm³/mol. The summed E-state index contributed by atoms with van der Waals surface area (Å²) in [5.74, 6) is 0.915. The highest BCUT2D eigenvalue weighted by Crippen LogP contribution is 2.45. The van der Waals surface area contributed by atoms with E-state index in [1.165, 1.54) is 180 Å². The zero-order valence-electron chi connectivity index (χ0n) is 61.6. The van der Waals surface area contributed by atoms with Gasteiger partial charge in [0.2, 0.25) is 0 Å². The largest absolute Gasteiger partial charge is 0.472 e. The van der Waals surface area contributed by atoms with Crippen LogP contribution in [0.5, 0.6) is 0 Å². The molecule has 3 N–H and O–H groups in total. The second-order valence-electron chi connectivity index (χ2n) is 28.5. The molecule has 0 fully saturated rings. The van der Waals surface area contributed by atoms with Crippen molar-refractivity contribution in [2.24, 2.45) is 23.7 Å². The van der Waals surface area contributed by atoms with Crippen molar-refractivity contribution in [3.8, 4) is 0 Å². The molecule has 94 heavy (non-hydrogen) atoms. The molecule has 7 atom stereocenters. The Kier molecular flexibility index (Phi) is 63.1. The van der Waals surface area contributed by atoms with E-state index in [4.69, 9.17) is 37.0 Å². The fourth-order valence-corrected chi connectivity index (χ4v) is 12.9. The van der Waals surface area contributed by atoms with E-state index in [-0.39, 0.29) is 25.7 Å². The Morgan fingerprint density at radius 3 is 0.755 bits per heavy atom. The molecule has 5 unspecified atom stereocenters. The number of phosphoric ester groups is 2. The highest BCUT2D eigenvalue weighted by atomic mass is 31.2. The molecule has 0 heterocycles. The summed E-state index contributed by atoms with van der Waals surface area (Å²) >= 11 is 0. The van der Waals surface area contributed by atoms with Crippen molar-refractivity contribution in [1.29, 1.82) is 0 Å². The smallest absolute Gasteiger partial charge is 0.462 e. The van der Waals surface area contributed by atoms with Crippen molar-refractivity contribution < 1.29 is 80.2 Å². The normalized spacial score (nSPS) is 14.7. The monoisotopic (exact) mass is 1380 g/mol. The average molecular weight is 1380 g/mol. The van der Waals surface area contributed by atoms with Crippen LogP contribution in [0, 0.1) is 23.7 Å². The minimum absolute atomic E-state index is 0.101. The van der Waals surface area contributed by atoms with Crippen LogP contribution in [-0.4, -0.2) is 96.7 Å². The van der Waals surface area contributed by atoms with E-state index in [0.29, 0.717) is 31.6 Å². The van der Waals surface area contributed by atoms with Crippen molar-refractivity contribution >= 4 is 39.5 Å². The molecule has 17 nitrogen and oxygen atoms in total. The Morgan fingerprint density at radius 1 is 0.298 bits per heavy atom. The molecule has 0 rings (SSSR count).